The van der Waals surface area contributed by atoms with Gasteiger partial charge >= 0.3 is 0 Å². The van der Waals surface area contributed by atoms with Gasteiger partial charge in [-0.15, -0.1) is 0 Å². The van der Waals surface area contributed by atoms with Gasteiger partial charge in [0.05, 0.1) is 12.0 Å². The van der Waals surface area contributed by atoms with Gasteiger partial charge in [-0.25, -0.2) is 0 Å². The van der Waals surface area contributed by atoms with Crippen LogP contribution in [-0.2, 0) is 6.42 Å². The van der Waals surface area contributed by atoms with E-state index >= 15 is 0 Å². The van der Waals surface area contributed by atoms with E-state index in [-0.39, 0.29) is 5.92 Å². The van der Waals surface area contributed by atoms with Gasteiger partial charge in [0.2, 0.25) is 0 Å². The molecule has 0 aliphatic rings. The monoisotopic (exact) mass is 187 g/mol. The van der Waals surface area contributed by atoms with E-state index in [1.165, 1.54) is 5.56 Å². The molecule has 0 unspecified atom stereocenters. The Morgan fingerprint density at radius 2 is 1.71 bits per heavy atom. The van der Waals surface area contributed by atoms with E-state index in [0.29, 0.717) is 5.92 Å². The Labute approximate surface area is 86.4 Å². The highest BCUT2D eigenvalue weighted by Crippen LogP contribution is 2.16. The third-order valence-corrected chi connectivity index (χ3v) is 2.32. The SMILES string of the molecule is CC(C)Cc1ccc([C@H](C)C#N)cc1. The summed E-state index contributed by atoms with van der Waals surface area (Å²) in [6.45, 7) is 6.36. The molecule has 0 spiro atoms. The molecule has 0 saturated heterocycles. The van der Waals surface area contributed by atoms with Crippen molar-refractivity contribution in [2.24, 2.45) is 5.92 Å². The first kappa shape index (κ1) is 10.8. The molecule has 0 bridgehead atoms. The summed E-state index contributed by atoms with van der Waals surface area (Å²) in [5.74, 6) is 0.692. The largest absolute Gasteiger partial charge is 0.198 e. The summed E-state index contributed by atoms with van der Waals surface area (Å²) in [6, 6.07) is 10.6. The van der Waals surface area contributed by atoms with E-state index in [4.69, 9.17) is 5.26 Å². The summed E-state index contributed by atoms with van der Waals surface area (Å²) in [5, 5.41) is 8.75. The molecule has 1 heteroatoms. The molecule has 0 aliphatic carbocycles. The van der Waals surface area contributed by atoms with Crippen molar-refractivity contribution >= 4 is 0 Å². The third-order valence-electron chi connectivity index (χ3n) is 2.32. The molecule has 0 N–H and O–H groups in total. The minimum Gasteiger partial charge on any atom is -0.198 e. The van der Waals surface area contributed by atoms with E-state index in [2.05, 4.69) is 44.2 Å². The highest BCUT2D eigenvalue weighted by Gasteiger charge is 2.03. The lowest BCUT2D eigenvalue weighted by Crippen LogP contribution is -1.95. The maximum atomic E-state index is 8.75. The molecule has 1 aromatic rings. The van der Waals surface area contributed by atoms with Crippen molar-refractivity contribution in [3.8, 4) is 6.07 Å². The molecule has 0 saturated carbocycles. The fraction of sp³-hybridized carbons (Fsp3) is 0.462. The van der Waals surface area contributed by atoms with Crippen molar-refractivity contribution < 1.29 is 0 Å². The van der Waals surface area contributed by atoms with Crippen LogP contribution in [0.5, 0.6) is 0 Å². The fourth-order valence-electron chi connectivity index (χ4n) is 1.49. The van der Waals surface area contributed by atoms with Crippen LogP contribution in [0.15, 0.2) is 24.3 Å². The van der Waals surface area contributed by atoms with E-state index in [1.54, 1.807) is 0 Å². The van der Waals surface area contributed by atoms with Gasteiger partial charge < -0.3 is 0 Å². The van der Waals surface area contributed by atoms with Gasteiger partial charge in [0, 0.05) is 0 Å². The number of hydrogen-bond acceptors (Lipinski definition) is 1. The van der Waals surface area contributed by atoms with E-state index in [0.717, 1.165) is 12.0 Å². The Morgan fingerprint density at radius 3 is 2.14 bits per heavy atom. The molecule has 1 rings (SSSR count). The minimum atomic E-state index is 0.00287. The average molecular weight is 187 g/mol. The fourth-order valence-corrected chi connectivity index (χ4v) is 1.49. The zero-order valence-electron chi connectivity index (χ0n) is 9.12. The number of benzene rings is 1. The molecule has 0 radical (unpaired) electrons. The van der Waals surface area contributed by atoms with Gasteiger partial charge in [-0.1, -0.05) is 38.1 Å². The molecule has 0 aromatic heterocycles. The average Bonchev–Trinajstić information content (AvgIpc) is 2.17. The highest BCUT2D eigenvalue weighted by atomic mass is 14.3. The van der Waals surface area contributed by atoms with Crippen LogP contribution in [-0.4, -0.2) is 0 Å². The third kappa shape index (κ3) is 2.88. The predicted octanol–water partition coefficient (Wildman–Crippen LogP) is 3.51. The maximum absolute atomic E-state index is 8.75. The first-order valence-electron chi connectivity index (χ1n) is 5.12. The Bertz CT molecular complexity index is 316. The van der Waals surface area contributed by atoms with Crippen molar-refractivity contribution in [3.63, 3.8) is 0 Å². The van der Waals surface area contributed by atoms with Crippen molar-refractivity contribution in [3.05, 3.63) is 35.4 Å². The van der Waals surface area contributed by atoms with Crippen LogP contribution in [0.2, 0.25) is 0 Å². The predicted molar refractivity (Wildman–Crippen MR) is 59.0 cm³/mol. The van der Waals surface area contributed by atoms with Crippen LogP contribution in [0.1, 0.15) is 37.8 Å². The van der Waals surface area contributed by atoms with Gasteiger partial charge in [-0.05, 0) is 30.4 Å². The van der Waals surface area contributed by atoms with Gasteiger partial charge in [0.1, 0.15) is 0 Å². The first-order chi connectivity index (χ1) is 6.63. The van der Waals surface area contributed by atoms with E-state index < -0.39 is 0 Å². The van der Waals surface area contributed by atoms with Crippen molar-refractivity contribution in [1.29, 1.82) is 5.26 Å². The van der Waals surface area contributed by atoms with Crippen molar-refractivity contribution in [1.82, 2.24) is 0 Å². The molecule has 1 nitrogen and oxygen atoms in total. The maximum Gasteiger partial charge on any atom is 0.0700 e. The number of hydrogen-bond donors (Lipinski definition) is 0. The molecule has 1 atom stereocenters. The van der Waals surface area contributed by atoms with Crippen LogP contribution < -0.4 is 0 Å². The van der Waals surface area contributed by atoms with Crippen molar-refractivity contribution in [2.75, 3.05) is 0 Å². The second kappa shape index (κ2) is 4.81. The van der Waals surface area contributed by atoms with E-state index in [9.17, 15) is 0 Å². The Morgan fingerprint density at radius 1 is 1.14 bits per heavy atom. The molecule has 1 aromatic carbocycles. The van der Waals surface area contributed by atoms with Crippen LogP contribution in [0.4, 0.5) is 0 Å². The van der Waals surface area contributed by atoms with Crippen LogP contribution >= 0.6 is 0 Å². The van der Waals surface area contributed by atoms with Crippen LogP contribution in [0.3, 0.4) is 0 Å². The van der Waals surface area contributed by atoms with Crippen LogP contribution in [0, 0.1) is 17.2 Å². The van der Waals surface area contributed by atoms with Gasteiger partial charge in [-0.3, -0.25) is 0 Å². The van der Waals surface area contributed by atoms with Crippen molar-refractivity contribution in [2.45, 2.75) is 33.1 Å². The summed E-state index contributed by atoms with van der Waals surface area (Å²) in [4.78, 5) is 0. The highest BCUT2D eigenvalue weighted by molar-refractivity contribution is 5.28. The minimum absolute atomic E-state index is 0.00287. The lowest BCUT2D eigenvalue weighted by molar-refractivity contribution is 0.647. The Hall–Kier alpha value is -1.29. The van der Waals surface area contributed by atoms with Gasteiger partial charge in [0.15, 0.2) is 0 Å². The van der Waals surface area contributed by atoms with Gasteiger partial charge in [-0.2, -0.15) is 5.26 Å². The zero-order valence-corrected chi connectivity index (χ0v) is 9.12. The summed E-state index contributed by atoms with van der Waals surface area (Å²) in [6.07, 6.45) is 1.11. The Kier molecular flexibility index (Phi) is 3.71. The lowest BCUT2D eigenvalue weighted by atomic mass is 9.98. The summed E-state index contributed by atoms with van der Waals surface area (Å²) >= 11 is 0. The molecule has 0 fully saturated rings. The molecule has 14 heavy (non-hydrogen) atoms. The lowest BCUT2D eigenvalue weighted by Gasteiger charge is -2.07. The normalized spacial score (nSPS) is 12.5. The second-order valence-corrected chi connectivity index (χ2v) is 4.19. The molecular formula is C13H17N. The number of nitriles is 1. The standard InChI is InChI=1S/C13H17N/c1-10(2)8-12-4-6-13(7-5-12)11(3)9-14/h4-7,10-11H,8H2,1-3H3/t11-/m1/s1. The summed E-state index contributed by atoms with van der Waals surface area (Å²) in [5.41, 5.74) is 2.47. The molecular weight excluding hydrogens is 170 g/mol. The quantitative estimate of drug-likeness (QED) is 0.710. The zero-order chi connectivity index (χ0) is 10.6. The molecule has 0 amide bonds. The van der Waals surface area contributed by atoms with E-state index in [1.807, 2.05) is 6.92 Å². The summed E-state index contributed by atoms with van der Waals surface area (Å²) in [7, 11) is 0. The van der Waals surface area contributed by atoms with Crippen LogP contribution in [0.25, 0.3) is 0 Å². The summed E-state index contributed by atoms with van der Waals surface area (Å²) < 4.78 is 0. The smallest absolute Gasteiger partial charge is 0.0700 e. The first-order valence-corrected chi connectivity index (χ1v) is 5.12. The van der Waals surface area contributed by atoms with Gasteiger partial charge in [0.25, 0.3) is 0 Å². The number of nitrogens with zero attached hydrogens (tertiary/aromatic N) is 1. The number of rotatable bonds is 3. The molecule has 0 aliphatic heterocycles. The molecule has 0 heterocycles. The second-order valence-electron chi connectivity index (χ2n) is 4.19. The topological polar surface area (TPSA) is 23.8 Å². The molecule has 74 valence electrons. The Balaban J connectivity index is 2.74.